The lowest BCUT2D eigenvalue weighted by Crippen LogP contribution is -2.42. The van der Waals surface area contributed by atoms with Crippen LogP contribution in [0.2, 0.25) is 0 Å². The predicted molar refractivity (Wildman–Crippen MR) is 130 cm³/mol. The van der Waals surface area contributed by atoms with E-state index in [4.69, 9.17) is 18.9 Å². The van der Waals surface area contributed by atoms with Crippen LogP contribution in [0, 0.1) is 0 Å². The Balaban J connectivity index is 3.65. The molecule has 35 heavy (non-hydrogen) atoms. The van der Waals surface area contributed by atoms with Crippen molar-refractivity contribution >= 4 is 36.3 Å². The maximum Gasteiger partial charge on any atom is 0.326 e. The fraction of sp³-hybridized carbons (Fsp3) is 0.810. The van der Waals surface area contributed by atoms with E-state index in [0.29, 0.717) is 45.8 Å². The Labute approximate surface area is 211 Å². The summed E-state index contributed by atoms with van der Waals surface area (Å²) < 4.78 is 20.9. The van der Waals surface area contributed by atoms with Crippen molar-refractivity contribution in [3.8, 4) is 0 Å². The Morgan fingerprint density at radius 2 is 1.31 bits per heavy atom. The van der Waals surface area contributed by atoms with Gasteiger partial charge in [-0.25, -0.2) is 4.79 Å². The summed E-state index contributed by atoms with van der Waals surface area (Å²) in [5.41, 5.74) is 0. The standard InChI is InChI=1S/C21H40N4O9S/c1-22-6-8-31-10-12-33-14-18(26)24-7-9-32-11-13-34-15-19(27)25-17(21(29)30)4-2-3-5-23-20(28)16-35/h17,22,35H,2-16H2,1H3,(H,23,28)(H,24,26)(H,25,27)(H,29,30). The summed E-state index contributed by atoms with van der Waals surface area (Å²) in [4.78, 5) is 45.8. The quantitative estimate of drug-likeness (QED) is 0.0623. The molecule has 204 valence electrons. The topological polar surface area (TPSA) is 174 Å². The predicted octanol–water partition coefficient (Wildman–Crippen LogP) is -1.83. The maximum atomic E-state index is 11.9. The van der Waals surface area contributed by atoms with Gasteiger partial charge in [-0.3, -0.25) is 14.4 Å². The lowest BCUT2D eigenvalue weighted by molar-refractivity contribution is -0.142. The second kappa shape index (κ2) is 23.8. The van der Waals surface area contributed by atoms with Gasteiger partial charge in [0.2, 0.25) is 17.7 Å². The van der Waals surface area contributed by atoms with E-state index in [2.05, 4.69) is 33.9 Å². The molecule has 0 rings (SSSR count). The van der Waals surface area contributed by atoms with Crippen molar-refractivity contribution < 1.29 is 43.2 Å². The third-order valence-corrected chi connectivity index (χ3v) is 4.58. The molecule has 0 aliphatic heterocycles. The van der Waals surface area contributed by atoms with Gasteiger partial charge in [-0.2, -0.15) is 12.6 Å². The monoisotopic (exact) mass is 524 g/mol. The number of carbonyl (C=O) groups is 4. The van der Waals surface area contributed by atoms with E-state index < -0.39 is 17.9 Å². The maximum absolute atomic E-state index is 11.9. The fourth-order valence-electron chi connectivity index (χ4n) is 2.51. The van der Waals surface area contributed by atoms with Gasteiger partial charge >= 0.3 is 5.97 Å². The van der Waals surface area contributed by atoms with Gasteiger partial charge in [0.25, 0.3) is 0 Å². The average molecular weight is 525 g/mol. The first-order chi connectivity index (χ1) is 16.9. The highest BCUT2D eigenvalue weighted by molar-refractivity contribution is 7.81. The van der Waals surface area contributed by atoms with Crippen LogP contribution in [0.25, 0.3) is 0 Å². The highest BCUT2D eigenvalue weighted by Gasteiger charge is 2.19. The van der Waals surface area contributed by atoms with Crippen LogP contribution in [0.4, 0.5) is 0 Å². The van der Waals surface area contributed by atoms with Crippen molar-refractivity contribution in [3.63, 3.8) is 0 Å². The van der Waals surface area contributed by atoms with E-state index in [-0.39, 0.29) is 57.0 Å². The minimum absolute atomic E-state index is 0.0580. The Morgan fingerprint density at radius 1 is 0.743 bits per heavy atom. The zero-order valence-electron chi connectivity index (χ0n) is 20.3. The molecule has 0 fully saturated rings. The number of ether oxygens (including phenoxy) is 4. The molecule has 0 aliphatic rings. The van der Waals surface area contributed by atoms with Crippen LogP contribution in [-0.2, 0) is 38.1 Å². The number of carboxylic acids is 1. The van der Waals surface area contributed by atoms with Crippen molar-refractivity contribution in [2.45, 2.75) is 25.3 Å². The van der Waals surface area contributed by atoms with Gasteiger partial charge < -0.3 is 45.3 Å². The second-order valence-electron chi connectivity index (χ2n) is 7.25. The first kappa shape index (κ1) is 33.0. The first-order valence-corrected chi connectivity index (χ1v) is 12.2. The van der Waals surface area contributed by atoms with Crippen LogP contribution >= 0.6 is 12.6 Å². The summed E-state index contributed by atoms with van der Waals surface area (Å²) in [5, 5.41) is 19.9. The molecule has 1 atom stereocenters. The van der Waals surface area contributed by atoms with Crippen molar-refractivity contribution in [1.29, 1.82) is 0 Å². The van der Waals surface area contributed by atoms with E-state index in [1.54, 1.807) is 0 Å². The van der Waals surface area contributed by atoms with E-state index in [1.165, 1.54) is 0 Å². The highest BCUT2D eigenvalue weighted by atomic mass is 32.1. The van der Waals surface area contributed by atoms with Crippen molar-refractivity contribution in [1.82, 2.24) is 21.3 Å². The Morgan fingerprint density at radius 3 is 1.91 bits per heavy atom. The molecular weight excluding hydrogens is 484 g/mol. The van der Waals surface area contributed by atoms with Crippen LogP contribution in [0.15, 0.2) is 0 Å². The Kier molecular flexibility index (Phi) is 22.4. The third-order valence-electron chi connectivity index (χ3n) is 4.29. The molecule has 0 aromatic carbocycles. The molecule has 1 unspecified atom stereocenters. The molecule has 0 heterocycles. The van der Waals surface area contributed by atoms with E-state index in [9.17, 15) is 24.3 Å². The summed E-state index contributed by atoms with van der Waals surface area (Å²) in [7, 11) is 1.83. The minimum atomic E-state index is -1.13. The van der Waals surface area contributed by atoms with Crippen molar-refractivity contribution in [2.75, 3.05) is 85.3 Å². The zero-order valence-corrected chi connectivity index (χ0v) is 21.2. The number of hydrogen-bond donors (Lipinski definition) is 6. The number of carboxylic acid groups (broad SMARTS) is 1. The lowest BCUT2D eigenvalue weighted by Gasteiger charge is -2.14. The molecule has 0 aromatic heterocycles. The summed E-state index contributed by atoms with van der Waals surface area (Å²) in [6, 6.07) is -1.03. The molecule has 0 radical (unpaired) electrons. The van der Waals surface area contributed by atoms with E-state index >= 15 is 0 Å². The molecule has 5 N–H and O–H groups in total. The molecular formula is C21H40N4O9S. The third kappa shape index (κ3) is 22.3. The SMILES string of the molecule is CNCCOCCOCC(=O)NCCOCCOCC(=O)NC(CCCCNC(=O)CS)C(=O)O. The number of hydrogen-bond acceptors (Lipinski definition) is 10. The van der Waals surface area contributed by atoms with Gasteiger partial charge in [-0.15, -0.1) is 0 Å². The van der Waals surface area contributed by atoms with E-state index in [0.717, 1.165) is 6.54 Å². The molecule has 14 heteroatoms. The summed E-state index contributed by atoms with van der Waals surface area (Å²) in [6.45, 7) is 3.09. The van der Waals surface area contributed by atoms with Gasteiger partial charge in [0.15, 0.2) is 0 Å². The Bertz CT molecular complexity index is 599. The number of thiol groups is 1. The van der Waals surface area contributed by atoms with Crippen LogP contribution in [0.3, 0.4) is 0 Å². The van der Waals surface area contributed by atoms with Gasteiger partial charge in [-0.05, 0) is 26.3 Å². The van der Waals surface area contributed by atoms with Crippen LogP contribution in [0.1, 0.15) is 19.3 Å². The largest absolute Gasteiger partial charge is 0.480 e. The number of carbonyl (C=O) groups excluding carboxylic acids is 3. The smallest absolute Gasteiger partial charge is 0.326 e. The summed E-state index contributed by atoms with van der Waals surface area (Å²) >= 11 is 3.84. The van der Waals surface area contributed by atoms with Gasteiger partial charge in [0.05, 0.1) is 45.4 Å². The molecule has 0 saturated carbocycles. The fourth-order valence-corrected chi connectivity index (χ4v) is 2.62. The summed E-state index contributed by atoms with van der Waals surface area (Å²) in [6.07, 6.45) is 1.35. The van der Waals surface area contributed by atoms with Crippen LogP contribution in [-0.4, -0.2) is 120 Å². The minimum Gasteiger partial charge on any atom is -0.480 e. The molecule has 0 saturated heterocycles. The second-order valence-corrected chi connectivity index (χ2v) is 7.56. The van der Waals surface area contributed by atoms with Gasteiger partial charge in [0.1, 0.15) is 19.3 Å². The molecule has 13 nitrogen and oxygen atoms in total. The molecule has 3 amide bonds. The van der Waals surface area contributed by atoms with Crippen molar-refractivity contribution in [2.24, 2.45) is 0 Å². The number of amides is 3. The molecule has 0 aromatic rings. The molecule has 0 bridgehead atoms. The van der Waals surface area contributed by atoms with E-state index in [1.807, 2.05) is 7.05 Å². The average Bonchev–Trinajstić information content (AvgIpc) is 2.83. The first-order valence-electron chi connectivity index (χ1n) is 11.5. The number of likely N-dealkylation sites (N-methyl/N-ethyl adjacent to an activating group) is 1. The lowest BCUT2D eigenvalue weighted by atomic mass is 10.1. The number of rotatable bonds is 24. The molecule has 0 spiro atoms. The Hall–Kier alpha value is -1.97. The number of nitrogens with one attached hydrogen (secondary N) is 4. The zero-order chi connectivity index (χ0) is 26.2. The van der Waals surface area contributed by atoms with Gasteiger partial charge in [0, 0.05) is 19.6 Å². The number of aliphatic carboxylic acids is 1. The normalized spacial score (nSPS) is 11.6. The van der Waals surface area contributed by atoms with Crippen molar-refractivity contribution in [3.05, 3.63) is 0 Å². The molecule has 0 aliphatic carbocycles. The number of unbranched alkanes of at least 4 members (excludes halogenated alkanes) is 1. The van der Waals surface area contributed by atoms with Gasteiger partial charge in [-0.1, -0.05) is 0 Å². The van der Waals surface area contributed by atoms with Crippen LogP contribution < -0.4 is 21.3 Å². The highest BCUT2D eigenvalue weighted by Crippen LogP contribution is 2.01. The summed E-state index contributed by atoms with van der Waals surface area (Å²) in [5.74, 6) is -2.02. The van der Waals surface area contributed by atoms with Crippen LogP contribution in [0.5, 0.6) is 0 Å².